The molecule has 2 N–H and O–H groups in total. The lowest BCUT2D eigenvalue weighted by Gasteiger charge is -2.30. The first-order chi connectivity index (χ1) is 13.4. The zero-order valence-corrected chi connectivity index (χ0v) is 14.8. The van der Waals surface area contributed by atoms with Crippen LogP contribution >= 0.6 is 0 Å². The maximum Gasteiger partial charge on any atom is 0.586 e. The molecule has 0 aliphatic carbocycles. The summed E-state index contributed by atoms with van der Waals surface area (Å²) >= 11 is 0. The van der Waals surface area contributed by atoms with Crippen molar-refractivity contribution in [2.45, 2.75) is 24.8 Å². The first-order valence-corrected chi connectivity index (χ1v) is 8.78. The number of aromatic amines is 1. The van der Waals surface area contributed by atoms with Gasteiger partial charge in [0.25, 0.3) is 0 Å². The molecule has 8 heteroatoms. The fourth-order valence-electron chi connectivity index (χ4n) is 3.94. The number of alkyl halides is 2. The second-order valence-electron chi connectivity index (χ2n) is 6.82. The standard InChI is InChI=1S/C20H16F2N2O4/c1-26-19(25)14-9-12-11-4-2-3-5-13(11)23-18(12)17(24-14)10-6-7-15-16(8-10)28-20(21,22)27-15/h2-8,14,17,23-24H,9H2,1H3/t14-,17-/m0/s1. The third kappa shape index (κ3) is 2.60. The number of nitrogens with one attached hydrogen (secondary N) is 2. The highest BCUT2D eigenvalue weighted by atomic mass is 19.3. The normalized spacial score (nSPS) is 22.1. The molecule has 2 aliphatic heterocycles. The van der Waals surface area contributed by atoms with Crippen LogP contribution in [0.2, 0.25) is 0 Å². The predicted molar refractivity (Wildman–Crippen MR) is 95.4 cm³/mol. The summed E-state index contributed by atoms with van der Waals surface area (Å²) in [5, 5.41) is 4.28. The summed E-state index contributed by atoms with van der Waals surface area (Å²) in [6, 6.07) is 11.4. The summed E-state index contributed by atoms with van der Waals surface area (Å²) in [5.74, 6) is -0.443. The van der Waals surface area contributed by atoms with E-state index in [0.717, 1.165) is 22.2 Å². The number of carbonyl (C=O) groups is 1. The number of ether oxygens (including phenoxy) is 3. The summed E-state index contributed by atoms with van der Waals surface area (Å²) in [6.45, 7) is 0. The van der Waals surface area contributed by atoms with Crippen LogP contribution in [0.15, 0.2) is 42.5 Å². The highest BCUT2D eigenvalue weighted by Gasteiger charge is 2.44. The molecular formula is C20H16F2N2O4. The Balaban J connectivity index is 1.62. The molecule has 5 rings (SSSR count). The summed E-state index contributed by atoms with van der Waals surface area (Å²) < 4.78 is 40.7. The average Bonchev–Trinajstić information content (AvgIpc) is 3.21. The number of hydrogen-bond donors (Lipinski definition) is 2. The highest BCUT2D eigenvalue weighted by molar-refractivity contribution is 5.87. The van der Waals surface area contributed by atoms with Crippen molar-refractivity contribution in [3.8, 4) is 11.5 Å². The third-order valence-electron chi connectivity index (χ3n) is 5.16. The molecule has 0 amide bonds. The van der Waals surface area contributed by atoms with Gasteiger partial charge in [0.05, 0.1) is 13.2 Å². The molecule has 6 nitrogen and oxygen atoms in total. The molecule has 0 fully saturated rings. The molecule has 0 spiro atoms. The molecule has 3 heterocycles. The monoisotopic (exact) mass is 386 g/mol. The number of rotatable bonds is 2. The highest BCUT2D eigenvalue weighted by Crippen LogP contribution is 2.44. The van der Waals surface area contributed by atoms with Gasteiger partial charge >= 0.3 is 12.3 Å². The predicted octanol–water partition coefficient (Wildman–Crippen LogP) is 3.27. The molecule has 0 unspecified atom stereocenters. The van der Waals surface area contributed by atoms with Crippen molar-refractivity contribution in [3.05, 3.63) is 59.3 Å². The van der Waals surface area contributed by atoms with Gasteiger partial charge in [-0.25, -0.2) is 0 Å². The van der Waals surface area contributed by atoms with Crippen LogP contribution in [0.1, 0.15) is 22.9 Å². The first kappa shape index (κ1) is 17.0. The molecule has 3 aromatic rings. The van der Waals surface area contributed by atoms with E-state index in [1.807, 2.05) is 24.3 Å². The van der Waals surface area contributed by atoms with Crippen LogP contribution in [0.4, 0.5) is 8.78 Å². The second kappa shape index (κ2) is 5.93. The van der Waals surface area contributed by atoms with Gasteiger partial charge < -0.3 is 19.2 Å². The van der Waals surface area contributed by atoms with E-state index >= 15 is 0 Å². The molecule has 0 radical (unpaired) electrons. The number of hydrogen-bond acceptors (Lipinski definition) is 5. The van der Waals surface area contributed by atoms with Gasteiger partial charge in [-0.15, -0.1) is 8.78 Å². The van der Waals surface area contributed by atoms with Crippen molar-refractivity contribution in [1.82, 2.24) is 10.3 Å². The summed E-state index contributed by atoms with van der Waals surface area (Å²) in [4.78, 5) is 15.6. The van der Waals surface area contributed by atoms with Crippen molar-refractivity contribution in [1.29, 1.82) is 0 Å². The van der Waals surface area contributed by atoms with Crippen molar-refractivity contribution < 1.29 is 27.8 Å². The fraction of sp³-hybridized carbons (Fsp3) is 0.250. The lowest BCUT2D eigenvalue weighted by Crippen LogP contribution is -2.45. The van der Waals surface area contributed by atoms with E-state index in [0.29, 0.717) is 12.0 Å². The van der Waals surface area contributed by atoms with Gasteiger partial charge in [0.15, 0.2) is 11.5 Å². The number of fused-ring (bicyclic) bond motifs is 4. The summed E-state index contributed by atoms with van der Waals surface area (Å²) in [7, 11) is 1.34. The molecule has 2 aromatic carbocycles. The number of H-pyrrole nitrogens is 1. The minimum Gasteiger partial charge on any atom is -0.468 e. The topological polar surface area (TPSA) is 72.6 Å². The van der Waals surface area contributed by atoms with Crippen LogP contribution in [0.3, 0.4) is 0 Å². The Morgan fingerprint density at radius 3 is 2.79 bits per heavy atom. The Labute approximate surface area is 158 Å². The maximum atomic E-state index is 13.4. The van der Waals surface area contributed by atoms with Crippen LogP contribution in [0.25, 0.3) is 10.9 Å². The van der Waals surface area contributed by atoms with Crippen LogP contribution in [0.5, 0.6) is 11.5 Å². The number of para-hydroxylation sites is 1. The van der Waals surface area contributed by atoms with E-state index in [1.54, 1.807) is 6.07 Å². The zero-order valence-electron chi connectivity index (χ0n) is 14.8. The molecule has 2 aliphatic rings. The van der Waals surface area contributed by atoms with Gasteiger partial charge in [-0.05, 0) is 29.3 Å². The maximum absolute atomic E-state index is 13.4. The van der Waals surface area contributed by atoms with Gasteiger partial charge in [0, 0.05) is 23.0 Å². The molecule has 28 heavy (non-hydrogen) atoms. The fourth-order valence-corrected chi connectivity index (χ4v) is 3.94. The van der Waals surface area contributed by atoms with Crippen LogP contribution in [-0.2, 0) is 16.0 Å². The Hall–Kier alpha value is -3.13. The Morgan fingerprint density at radius 2 is 1.96 bits per heavy atom. The molecule has 1 aromatic heterocycles. The molecular weight excluding hydrogens is 370 g/mol. The lowest BCUT2D eigenvalue weighted by atomic mass is 9.90. The second-order valence-corrected chi connectivity index (χ2v) is 6.82. The first-order valence-electron chi connectivity index (χ1n) is 8.78. The Morgan fingerprint density at radius 1 is 1.18 bits per heavy atom. The van der Waals surface area contributed by atoms with E-state index in [4.69, 9.17) is 4.74 Å². The SMILES string of the molecule is COC(=O)[C@@H]1Cc2c([nH]c3ccccc23)[C@H](c2ccc3c(c2)OC(F)(F)O3)N1. The van der Waals surface area contributed by atoms with Crippen LogP contribution < -0.4 is 14.8 Å². The average molecular weight is 386 g/mol. The van der Waals surface area contributed by atoms with E-state index in [2.05, 4.69) is 19.8 Å². The number of methoxy groups -OCH3 is 1. The van der Waals surface area contributed by atoms with E-state index in [9.17, 15) is 13.6 Å². The van der Waals surface area contributed by atoms with Gasteiger partial charge in [0.2, 0.25) is 0 Å². The van der Waals surface area contributed by atoms with Gasteiger partial charge in [-0.2, -0.15) is 0 Å². The molecule has 144 valence electrons. The minimum absolute atomic E-state index is 0.0223. The minimum atomic E-state index is -3.68. The summed E-state index contributed by atoms with van der Waals surface area (Å²) in [5.41, 5.74) is 3.49. The Kier molecular flexibility index (Phi) is 3.60. The quantitative estimate of drug-likeness (QED) is 0.662. The number of esters is 1. The van der Waals surface area contributed by atoms with Crippen LogP contribution in [-0.4, -0.2) is 30.4 Å². The van der Waals surface area contributed by atoms with Crippen molar-refractivity contribution in [2.75, 3.05) is 7.11 Å². The van der Waals surface area contributed by atoms with Crippen molar-refractivity contribution >= 4 is 16.9 Å². The number of carbonyl (C=O) groups excluding carboxylic acids is 1. The van der Waals surface area contributed by atoms with E-state index in [1.165, 1.54) is 19.2 Å². The van der Waals surface area contributed by atoms with Crippen LogP contribution in [0, 0.1) is 0 Å². The number of aromatic nitrogens is 1. The Bertz CT molecular complexity index is 1090. The van der Waals surface area contributed by atoms with Crippen molar-refractivity contribution in [2.24, 2.45) is 0 Å². The van der Waals surface area contributed by atoms with Crippen molar-refractivity contribution in [3.63, 3.8) is 0 Å². The van der Waals surface area contributed by atoms with E-state index in [-0.39, 0.29) is 17.5 Å². The van der Waals surface area contributed by atoms with Gasteiger partial charge in [-0.1, -0.05) is 24.3 Å². The molecule has 0 saturated heterocycles. The third-order valence-corrected chi connectivity index (χ3v) is 5.16. The molecule has 2 atom stereocenters. The van der Waals surface area contributed by atoms with Gasteiger partial charge in [-0.3, -0.25) is 10.1 Å². The molecule has 0 saturated carbocycles. The van der Waals surface area contributed by atoms with E-state index < -0.39 is 18.4 Å². The number of benzene rings is 2. The zero-order chi connectivity index (χ0) is 19.5. The lowest BCUT2D eigenvalue weighted by molar-refractivity contribution is -0.286. The smallest absolute Gasteiger partial charge is 0.468 e. The van der Waals surface area contributed by atoms with Gasteiger partial charge in [0.1, 0.15) is 6.04 Å². The molecule has 0 bridgehead atoms. The largest absolute Gasteiger partial charge is 0.586 e. The summed E-state index contributed by atoms with van der Waals surface area (Å²) in [6.07, 6.45) is -3.22. The number of halogens is 2.